The van der Waals surface area contributed by atoms with Crippen molar-refractivity contribution >= 4 is 11.5 Å². The van der Waals surface area contributed by atoms with Crippen LogP contribution in [0.1, 0.15) is 34.6 Å². The van der Waals surface area contributed by atoms with Gasteiger partial charge in [0.1, 0.15) is 12.0 Å². The minimum absolute atomic E-state index is 0.0141. The Morgan fingerprint density at radius 1 is 1.33 bits per heavy atom. The number of hydrogen-bond donors (Lipinski definition) is 3. The molecule has 1 unspecified atom stereocenters. The highest BCUT2D eigenvalue weighted by Gasteiger charge is 2.26. The molecule has 102 valence electrons. The third-order valence-corrected chi connectivity index (χ3v) is 2.68. The van der Waals surface area contributed by atoms with Crippen molar-refractivity contribution in [2.75, 3.05) is 11.1 Å². The number of rotatable bonds is 5. The molecule has 0 aliphatic carbocycles. The first-order valence-electron chi connectivity index (χ1n) is 5.97. The number of nitrogens with one attached hydrogen (secondary N) is 1. The van der Waals surface area contributed by atoms with E-state index in [4.69, 9.17) is 10.5 Å². The number of anilines is 2. The number of aliphatic hydroxyl groups is 1. The first kappa shape index (κ1) is 14.5. The van der Waals surface area contributed by atoms with Gasteiger partial charge in [-0.2, -0.15) is 4.98 Å². The third-order valence-electron chi connectivity index (χ3n) is 2.68. The highest BCUT2D eigenvalue weighted by molar-refractivity contribution is 5.67. The van der Waals surface area contributed by atoms with Crippen molar-refractivity contribution < 1.29 is 9.84 Å². The van der Waals surface area contributed by atoms with Crippen LogP contribution >= 0.6 is 0 Å². The van der Waals surface area contributed by atoms with Gasteiger partial charge in [0, 0.05) is 0 Å². The van der Waals surface area contributed by atoms with E-state index in [0.717, 1.165) is 0 Å². The Balaban J connectivity index is 2.97. The van der Waals surface area contributed by atoms with Crippen molar-refractivity contribution in [1.29, 1.82) is 0 Å². The zero-order valence-corrected chi connectivity index (χ0v) is 11.6. The van der Waals surface area contributed by atoms with Crippen molar-refractivity contribution in [1.82, 2.24) is 9.97 Å². The average Bonchev–Trinajstić information content (AvgIpc) is 2.23. The predicted molar refractivity (Wildman–Crippen MR) is 71.6 cm³/mol. The highest BCUT2D eigenvalue weighted by atomic mass is 16.5. The second kappa shape index (κ2) is 5.39. The fraction of sp³-hybridized carbons (Fsp3) is 0.667. The van der Waals surface area contributed by atoms with Crippen LogP contribution < -0.4 is 15.8 Å². The molecule has 6 heteroatoms. The fourth-order valence-corrected chi connectivity index (χ4v) is 1.21. The number of nitrogen functional groups attached to an aromatic ring is 1. The van der Waals surface area contributed by atoms with E-state index < -0.39 is 11.6 Å². The molecular weight excluding hydrogens is 232 g/mol. The van der Waals surface area contributed by atoms with E-state index in [9.17, 15) is 5.11 Å². The van der Waals surface area contributed by atoms with E-state index in [2.05, 4.69) is 15.3 Å². The number of hydrogen-bond acceptors (Lipinski definition) is 6. The molecule has 0 aliphatic heterocycles. The Labute approximate surface area is 108 Å². The summed E-state index contributed by atoms with van der Waals surface area (Å²) in [5, 5.41) is 12.8. The van der Waals surface area contributed by atoms with Gasteiger partial charge in [-0.3, -0.25) is 0 Å². The number of ether oxygens (including phenoxy) is 1. The Morgan fingerprint density at radius 2 is 1.94 bits per heavy atom. The monoisotopic (exact) mass is 254 g/mol. The maximum absolute atomic E-state index is 9.67. The van der Waals surface area contributed by atoms with Gasteiger partial charge >= 0.3 is 0 Å². The summed E-state index contributed by atoms with van der Waals surface area (Å²) >= 11 is 0. The molecule has 1 heterocycles. The Morgan fingerprint density at radius 3 is 2.44 bits per heavy atom. The topological polar surface area (TPSA) is 93.3 Å². The molecule has 4 N–H and O–H groups in total. The molecule has 1 aromatic heterocycles. The van der Waals surface area contributed by atoms with Crippen LogP contribution in [0.15, 0.2) is 6.33 Å². The van der Waals surface area contributed by atoms with Crippen LogP contribution in [0.3, 0.4) is 0 Å². The molecule has 1 atom stereocenters. The van der Waals surface area contributed by atoms with E-state index in [1.54, 1.807) is 6.92 Å². The molecule has 0 fully saturated rings. The lowest BCUT2D eigenvalue weighted by Gasteiger charge is -2.30. The van der Waals surface area contributed by atoms with E-state index in [1.165, 1.54) is 6.33 Å². The van der Waals surface area contributed by atoms with Gasteiger partial charge in [-0.05, 0) is 34.6 Å². The summed E-state index contributed by atoms with van der Waals surface area (Å²) < 4.78 is 5.48. The van der Waals surface area contributed by atoms with Gasteiger partial charge in [0.05, 0.1) is 17.7 Å². The fourth-order valence-electron chi connectivity index (χ4n) is 1.21. The lowest BCUT2D eigenvalue weighted by molar-refractivity contribution is 0.133. The van der Waals surface area contributed by atoms with E-state index >= 15 is 0 Å². The summed E-state index contributed by atoms with van der Waals surface area (Å²) in [5.41, 5.74) is 5.75. The van der Waals surface area contributed by atoms with Gasteiger partial charge in [0.25, 0.3) is 0 Å². The SMILES string of the molecule is CC(C)Oc1ncnc(NC(C)(C)C(C)O)c1N. The first-order chi connectivity index (χ1) is 8.24. The summed E-state index contributed by atoms with van der Waals surface area (Å²) in [4.78, 5) is 8.07. The average molecular weight is 254 g/mol. The van der Waals surface area contributed by atoms with Gasteiger partial charge in [0.2, 0.25) is 5.88 Å². The molecule has 0 aliphatic rings. The van der Waals surface area contributed by atoms with E-state index in [1.807, 2.05) is 27.7 Å². The van der Waals surface area contributed by atoms with Crippen LogP contribution in [0.25, 0.3) is 0 Å². The molecular formula is C12H22N4O2. The minimum atomic E-state index is -0.554. The second-order valence-corrected chi connectivity index (χ2v) is 5.13. The molecule has 0 radical (unpaired) electrons. The quantitative estimate of drug-likeness (QED) is 0.735. The number of nitrogens with zero attached hydrogens (tertiary/aromatic N) is 2. The molecule has 0 amide bonds. The minimum Gasteiger partial charge on any atom is -0.473 e. The number of aromatic nitrogens is 2. The van der Waals surface area contributed by atoms with Crippen LogP contribution in [0.4, 0.5) is 11.5 Å². The summed E-state index contributed by atoms with van der Waals surface area (Å²) in [5.74, 6) is 0.815. The largest absolute Gasteiger partial charge is 0.473 e. The summed E-state index contributed by atoms with van der Waals surface area (Å²) in [6.07, 6.45) is 0.815. The van der Waals surface area contributed by atoms with Gasteiger partial charge in [-0.25, -0.2) is 4.98 Å². The van der Waals surface area contributed by atoms with Crippen LogP contribution in [-0.4, -0.2) is 32.8 Å². The molecule has 1 rings (SSSR count). The van der Waals surface area contributed by atoms with Crippen molar-refractivity contribution in [3.8, 4) is 5.88 Å². The van der Waals surface area contributed by atoms with Gasteiger partial charge in [0.15, 0.2) is 5.82 Å². The van der Waals surface area contributed by atoms with Crippen molar-refractivity contribution in [2.24, 2.45) is 0 Å². The van der Waals surface area contributed by atoms with Gasteiger partial charge in [-0.1, -0.05) is 0 Å². The highest BCUT2D eigenvalue weighted by Crippen LogP contribution is 2.28. The van der Waals surface area contributed by atoms with E-state index in [0.29, 0.717) is 17.4 Å². The lowest BCUT2D eigenvalue weighted by Crippen LogP contribution is -2.42. The zero-order chi connectivity index (χ0) is 13.9. The van der Waals surface area contributed by atoms with Crippen LogP contribution in [0.5, 0.6) is 5.88 Å². The maximum atomic E-state index is 9.67. The molecule has 0 bridgehead atoms. The first-order valence-corrected chi connectivity index (χ1v) is 5.97. The Kier molecular flexibility index (Phi) is 4.34. The maximum Gasteiger partial charge on any atom is 0.242 e. The van der Waals surface area contributed by atoms with Crippen molar-refractivity contribution in [3.63, 3.8) is 0 Å². The lowest BCUT2D eigenvalue weighted by atomic mass is 9.99. The van der Waals surface area contributed by atoms with Crippen molar-refractivity contribution in [2.45, 2.75) is 52.4 Å². The van der Waals surface area contributed by atoms with Crippen LogP contribution in [0.2, 0.25) is 0 Å². The molecule has 0 saturated heterocycles. The summed E-state index contributed by atoms with van der Waals surface area (Å²) in [7, 11) is 0. The molecule has 1 aromatic rings. The predicted octanol–water partition coefficient (Wildman–Crippen LogP) is 1.42. The molecule has 0 spiro atoms. The molecule has 0 saturated carbocycles. The van der Waals surface area contributed by atoms with Crippen molar-refractivity contribution in [3.05, 3.63) is 6.33 Å². The zero-order valence-electron chi connectivity index (χ0n) is 11.6. The van der Waals surface area contributed by atoms with Crippen LogP contribution in [0, 0.1) is 0 Å². The Bertz CT molecular complexity index is 405. The second-order valence-electron chi connectivity index (χ2n) is 5.13. The van der Waals surface area contributed by atoms with Gasteiger partial charge < -0.3 is 20.9 Å². The van der Waals surface area contributed by atoms with Crippen LogP contribution in [-0.2, 0) is 0 Å². The standard InChI is InChI=1S/C12H22N4O2/c1-7(2)18-11-9(13)10(14-6-15-11)16-12(4,5)8(3)17/h6-8,17H,13H2,1-5H3,(H,14,15,16). The number of nitrogens with two attached hydrogens (primary N) is 1. The normalized spacial score (nSPS) is 13.5. The molecule has 0 aromatic carbocycles. The number of aliphatic hydroxyl groups excluding tert-OH is 1. The third kappa shape index (κ3) is 3.46. The Hall–Kier alpha value is -1.56. The summed E-state index contributed by atoms with van der Waals surface area (Å²) in [6.45, 7) is 9.23. The van der Waals surface area contributed by atoms with E-state index in [-0.39, 0.29) is 6.10 Å². The smallest absolute Gasteiger partial charge is 0.242 e. The molecule has 6 nitrogen and oxygen atoms in total. The molecule has 18 heavy (non-hydrogen) atoms. The van der Waals surface area contributed by atoms with Gasteiger partial charge in [-0.15, -0.1) is 0 Å². The summed E-state index contributed by atoms with van der Waals surface area (Å²) in [6, 6.07) is 0.